The number of piperazine rings is 1. The van der Waals surface area contributed by atoms with Gasteiger partial charge in [-0.2, -0.15) is 0 Å². The molecule has 2 heterocycles. The normalized spacial score (nSPS) is 15.9. The summed E-state index contributed by atoms with van der Waals surface area (Å²) < 4.78 is 60.3. The number of amides is 1. The Morgan fingerprint density at radius 2 is 1.68 bits per heavy atom. The molecular formula is C35H40FN3O7S. The number of aryl methyl sites for hydroxylation is 2. The topological polar surface area (TPSA) is 107 Å². The van der Waals surface area contributed by atoms with E-state index in [9.17, 15) is 18.0 Å². The minimum Gasteiger partial charge on any atom is -0.496 e. The van der Waals surface area contributed by atoms with E-state index in [1.54, 1.807) is 75.4 Å². The molecule has 5 rings (SSSR count). The van der Waals surface area contributed by atoms with Gasteiger partial charge in [-0.05, 0) is 82.1 Å². The summed E-state index contributed by atoms with van der Waals surface area (Å²) in [5.41, 5.74) is 2.59. The molecule has 3 aromatic carbocycles. The quantitative estimate of drug-likeness (QED) is 0.214. The Balaban J connectivity index is 1.58. The van der Waals surface area contributed by atoms with E-state index in [1.165, 1.54) is 23.2 Å². The van der Waals surface area contributed by atoms with Crippen LogP contribution in [0.3, 0.4) is 0 Å². The van der Waals surface area contributed by atoms with Gasteiger partial charge in [0.15, 0.2) is 0 Å². The Bertz CT molecular complexity index is 1930. The standard InChI is InChI=1S/C35H40FN3O7S/c1-22-8-11-25(12-9-22)47(42,43)39-15-14-26-28(31(44-6)18-23(2)32(26)39)20-37-16-17-38(34(41)46-35(3,4)5)21-30(37)24-10-13-27(29(36)19-24)33(40)45-7/h8-15,18-19,30H,16-17,20-21H2,1-7H3. The van der Waals surface area contributed by atoms with Crippen LogP contribution in [0.25, 0.3) is 10.9 Å². The molecule has 0 N–H and O–H groups in total. The van der Waals surface area contributed by atoms with Crippen LogP contribution >= 0.6 is 0 Å². The number of benzene rings is 3. The van der Waals surface area contributed by atoms with Gasteiger partial charge in [0.1, 0.15) is 17.2 Å². The fraction of sp³-hybridized carbons (Fsp3) is 0.371. The lowest BCUT2D eigenvalue weighted by Gasteiger charge is -2.42. The van der Waals surface area contributed by atoms with Gasteiger partial charge in [-0.25, -0.2) is 26.4 Å². The lowest BCUT2D eigenvalue weighted by Crippen LogP contribution is -2.51. The van der Waals surface area contributed by atoms with Crippen molar-refractivity contribution in [2.24, 2.45) is 0 Å². The fourth-order valence-electron chi connectivity index (χ4n) is 5.93. The minimum absolute atomic E-state index is 0.174. The molecule has 0 radical (unpaired) electrons. The van der Waals surface area contributed by atoms with E-state index in [0.717, 1.165) is 11.1 Å². The number of halogens is 1. The second kappa shape index (κ2) is 13.0. The van der Waals surface area contributed by atoms with E-state index in [4.69, 9.17) is 14.2 Å². The summed E-state index contributed by atoms with van der Waals surface area (Å²) in [5, 5.41) is 0.693. The Kier molecular flexibility index (Phi) is 9.38. The van der Waals surface area contributed by atoms with E-state index < -0.39 is 39.5 Å². The smallest absolute Gasteiger partial charge is 0.410 e. The molecule has 1 atom stereocenters. The van der Waals surface area contributed by atoms with Crippen LogP contribution in [0.4, 0.5) is 9.18 Å². The molecule has 1 amide bonds. The molecule has 10 nitrogen and oxygen atoms in total. The van der Waals surface area contributed by atoms with Gasteiger partial charge in [-0.3, -0.25) is 4.90 Å². The van der Waals surface area contributed by atoms with Crippen LogP contribution in [0.15, 0.2) is 65.7 Å². The van der Waals surface area contributed by atoms with Gasteiger partial charge >= 0.3 is 12.1 Å². The molecule has 1 aromatic heterocycles. The van der Waals surface area contributed by atoms with Crippen LogP contribution < -0.4 is 4.74 Å². The Labute approximate surface area is 274 Å². The predicted molar refractivity (Wildman–Crippen MR) is 176 cm³/mol. The monoisotopic (exact) mass is 665 g/mol. The van der Waals surface area contributed by atoms with Crippen LogP contribution in [-0.2, 0) is 26.0 Å². The lowest BCUT2D eigenvalue weighted by molar-refractivity contribution is 0.00196. The molecule has 1 aliphatic heterocycles. The van der Waals surface area contributed by atoms with Gasteiger partial charge in [-0.1, -0.05) is 23.8 Å². The third-order valence-electron chi connectivity index (χ3n) is 8.28. The molecule has 0 spiro atoms. The second-order valence-electron chi connectivity index (χ2n) is 12.7. The van der Waals surface area contributed by atoms with Gasteiger partial charge in [-0.15, -0.1) is 0 Å². The number of carbonyl (C=O) groups is 2. The summed E-state index contributed by atoms with van der Waals surface area (Å²) in [6.45, 7) is 10.3. The first kappa shape index (κ1) is 33.9. The first-order chi connectivity index (χ1) is 22.1. The van der Waals surface area contributed by atoms with E-state index in [-0.39, 0.29) is 17.0 Å². The number of esters is 1. The summed E-state index contributed by atoms with van der Waals surface area (Å²) >= 11 is 0. The number of nitrogens with zero attached hydrogens (tertiary/aromatic N) is 3. The van der Waals surface area contributed by atoms with Crippen molar-refractivity contribution in [3.05, 3.63) is 94.4 Å². The lowest BCUT2D eigenvalue weighted by atomic mass is 9.98. The molecule has 1 saturated heterocycles. The summed E-state index contributed by atoms with van der Waals surface area (Å²) in [5.74, 6) is -0.958. The number of aromatic nitrogens is 1. The zero-order valence-corrected chi connectivity index (χ0v) is 28.5. The molecule has 4 aromatic rings. The third kappa shape index (κ3) is 6.84. The largest absolute Gasteiger partial charge is 0.496 e. The van der Waals surface area contributed by atoms with Crippen LogP contribution in [0, 0.1) is 19.7 Å². The molecule has 47 heavy (non-hydrogen) atoms. The van der Waals surface area contributed by atoms with Crippen LogP contribution in [0.1, 0.15) is 59.4 Å². The maximum atomic E-state index is 15.2. The van der Waals surface area contributed by atoms with Gasteiger partial charge in [0.2, 0.25) is 0 Å². The Hall–Kier alpha value is -4.42. The van der Waals surface area contributed by atoms with E-state index in [0.29, 0.717) is 47.4 Å². The van der Waals surface area contributed by atoms with Crippen molar-refractivity contribution < 1.29 is 36.6 Å². The Morgan fingerprint density at radius 1 is 0.979 bits per heavy atom. The van der Waals surface area contributed by atoms with Crippen LogP contribution in [0.5, 0.6) is 5.75 Å². The average Bonchev–Trinajstić information content (AvgIpc) is 3.48. The molecule has 0 aliphatic carbocycles. The summed E-state index contributed by atoms with van der Waals surface area (Å²) in [4.78, 5) is 29.1. The number of rotatable bonds is 7. The van der Waals surface area contributed by atoms with Crippen molar-refractivity contribution in [2.75, 3.05) is 33.9 Å². The van der Waals surface area contributed by atoms with Crippen molar-refractivity contribution in [2.45, 2.75) is 57.7 Å². The van der Waals surface area contributed by atoms with Crippen molar-refractivity contribution in [1.82, 2.24) is 13.8 Å². The molecule has 1 aliphatic rings. The molecule has 250 valence electrons. The van der Waals surface area contributed by atoms with Crippen molar-refractivity contribution in [3.63, 3.8) is 0 Å². The van der Waals surface area contributed by atoms with Crippen molar-refractivity contribution in [1.29, 1.82) is 0 Å². The number of carbonyl (C=O) groups excluding carboxylic acids is 2. The number of hydrogen-bond donors (Lipinski definition) is 0. The highest BCUT2D eigenvalue weighted by Gasteiger charge is 2.35. The molecule has 0 saturated carbocycles. The van der Waals surface area contributed by atoms with Crippen LogP contribution in [0.2, 0.25) is 0 Å². The van der Waals surface area contributed by atoms with Crippen molar-refractivity contribution >= 4 is 33.0 Å². The molecule has 1 fully saturated rings. The first-order valence-corrected chi connectivity index (χ1v) is 16.7. The molecule has 1 unspecified atom stereocenters. The maximum Gasteiger partial charge on any atom is 0.410 e. The second-order valence-corrected chi connectivity index (χ2v) is 14.5. The van der Waals surface area contributed by atoms with Crippen LogP contribution in [-0.4, -0.2) is 73.7 Å². The van der Waals surface area contributed by atoms with Crippen molar-refractivity contribution in [3.8, 4) is 5.75 Å². The summed E-state index contributed by atoms with van der Waals surface area (Å²) in [6.07, 6.45) is 1.07. The highest BCUT2D eigenvalue weighted by Crippen LogP contribution is 2.37. The SMILES string of the molecule is COC(=O)c1ccc(C2CN(C(=O)OC(C)(C)C)CCN2Cc2c(OC)cc(C)c3c2ccn3S(=O)(=O)c2ccc(C)cc2)cc1F. The zero-order chi connectivity index (χ0) is 34.3. The van der Waals surface area contributed by atoms with E-state index in [2.05, 4.69) is 4.90 Å². The molecular weight excluding hydrogens is 625 g/mol. The number of ether oxygens (including phenoxy) is 3. The minimum atomic E-state index is -3.91. The average molecular weight is 666 g/mol. The number of hydrogen-bond acceptors (Lipinski definition) is 8. The summed E-state index contributed by atoms with van der Waals surface area (Å²) in [6, 6.07) is 14.1. The number of methoxy groups -OCH3 is 2. The molecule has 12 heteroatoms. The van der Waals surface area contributed by atoms with Gasteiger partial charge in [0.25, 0.3) is 10.0 Å². The van der Waals surface area contributed by atoms with Gasteiger partial charge in [0, 0.05) is 43.3 Å². The third-order valence-corrected chi connectivity index (χ3v) is 9.97. The molecule has 0 bridgehead atoms. The van der Waals surface area contributed by atoms with Gasteiger partial charge < -0.3 is 19.1 Å². The number of fused-ring (bicyclic) bond motifs is 1. The highest BCUT2D eigenvalue weighted by atomic mass is 32.2. The van der Waals surface area contributed by atoms with E-state index in [1.807, 2.05) is 19.9 Å². The zero-order valence-electron chi connectivity index (χ0n) is 27.7. The summed E-state index contributed by atoms with van der Waals surface area (Å²) in [7, 11) is -1.16. The Morgan fingerprint density at radius 3 is 2.30 bits per heavy atom. The fourth-order valence-corrected chi connectivity index (χ4v) is 7.34. The maximum absolute atomic E-state index is 15.2. The highest BCUT2D eigenvalue weighted by molar-refractivity contribution is 7.90. The first-order valence-electron chi connectivity index (χ1n) is 15.2. The predicted octanol–water partition coefficient (Wildman–Crippen LogP) is 6.22. The van der Waals surface area contributed by atoms with Gasteiger partial charge in [0.05, 0.1) is 36.2 Å². The van der Waals surface area contributed by atoms with E-state index >= 15 is 4.39 Å².